The Kier molecular flexibility index (Phi) is 7.13. The lowest BCUT2D eigenvalue weighted by molar-refractivity contribution is -0.141. The summed E-state index contributed by atoms with van der Waals surface area (Å²) < 4.78 is 0. The number of fused-ring (bicyclic) bond motifs is 5. The molecule has 4 amide bonds. The Morgan fingerprint density at radius 1 is 0.820 bits per heavy atom. The third-order valence-electron chi connectivity index (χ3n) is 11.4. The van der Waals surface area contributed by atoms with Gasteiger partial charge in [-0.15, -0.1) is 11.3 Å². The zero-order chi connectivity index (χ0) is 34.3. The molecule has 0 unspecified atom stereocenters. The van der Waals surface area contributed by atoms with Crippen LogP contribution in [0.5, 0.6) is 5.75 Å². The number of amides is 4. The van der Waals surface area contributed by atoms with Crippen LogP contribution in [0.25, 0.3) is 10.8 Å². The summed E-state index contributed by atoms with van der Waals surface area (Å²) in [6, 6.07) is 31.1. The first-order chi connectivity index (χ1) is 24.3. The fraction of sp³-hybridized carbons (Fsp3) is 0.220. The number of benzene rings is 4. The molecule has 4 aliphatic rings. The molecule has 0 bridgehead atoms. The third-order valence-corrected chi connectivity index (χ3v) is 12.5. The monoisotopic (exact) mass is 698 g/mol. The molecule has 9 rings (SSSR count). The van der Waals surface area contributed by atoms with Crippen LogP contribution in [0, 0.1) is 23.7 Å². The number of nitrogens with zero attached hydrogens (tertiary/aromatic N) is 2. The molecule has 4 aromatic carbocycles. The number of allylic oxidation sites excluding steroid dienone is 2. The fourth-order valence-corrected chi connectivity index (χ4v) is 10.3. The number of thiophene rings is 1. The van der Waals surface area contributed by atoms with Gasteiger partial charge in [-0.3, -0.25) is 24.1 Å². The van der Waals surface area contributed by atoms with Gasteiger partial charge >= 0.3 is 0 Å². The topological polar surface area (TPSA) is 95.0 Å². The first kappa shape index (κ1) is 31.0. The van der Waals surface area contributed by atoms with Crippen LogP contribution in [0.1, 0.15) is 34.8 Å². The predicted octanol–water partition coefficient (Wildman–Crippen LogP) is 7.62. The lowest BCUT2D eigenvalue weighted by atomic mass is 9.48. The number of hydrogen-bond donors (Lipinski definition) is 1. The molecular weight excluding hydrogens is 668 g/mol. The number of carbonyl (C=O) groups is 4. The SMILES string of the molecule is O=C1[C@H]2[C@H](CC=C3[C@H]2C[C@H]2C(=O)N(c4cccc(Cl)c4)C(=O)[C@@]2(c2ccccc2)[C@H]3c2c(O)ccc3ccccc23)C(=O)N1Cc1cccs1. The van der Waals surface area contributed by atoms with E-state index >= 15 is 4.79 Å². The highest BCUT2D eigenvalue weighted by Gasteiger charge is 2.70. The van der Waals surface area contributed by atoms with E-state index in [-0.39, 0.29) is 36.4 Å². The summed E-state index contributed by atoms with van der Waals surface area (Å²) in [5, 5.41) is 15.8. The highest BCUT2D eigenvalue weighted by molar-refractivity contribution is 7.09. The number of anilines is 1. The van der Waals surface area contributed by atoms with Gasteiger partial charge in [0.1, 0.15) is 5.75 Å². The van der Waals surface area contributed by atoms with E-state index in [0.29, 0.717) is 28.3 Å². The second-order valence-corrected chi connectivity index (χ2v) is 15.1. The summed E-state index contributed by atoms with van der Waals surface area (Å²) in [4.78, 5) is 62.4. The number of halogens is 1. The average molecular weight is 699 g/mol. The van der Waals surface area contributed by atoms with Gasteiger partial charge in [0.2, 0.25) is 23.6 Å². The Bertz CT molecular complexity index is 2270. The number of aromatic hydroxyl groups is 1. The molecule has 1 saturated carbocycles. The van der Waals surface area contributed by atoms with E-state index in [4.69, 9.17) is 11.6 Å². The standard InChI is InChI=1S/C41H31ClN2O5S/c42-25-11-6-12-26(20-25)44-38(47)32-21-31-29(16-17-30-34(31)39(48)43(37(30)46)22-27-13-7-19-50-27)36(41(32,40(44)49)24-9-2-1-3-10-24)35-28-14-5-4-8-23(28)15-18-33(35)45/h1-16,18-20,30-32,34,36,45H,17,21-22H2/t30-,31+,32-,34-,36+,41+/m0/s1. The van der Waals surface area contributed by atoms with Gasteiger partial charge in [-0.05, 0) is 70.8 Å². The molecule has 248 valence electrons. The van der Waals surface area contributed by atoms with Gasteiger partial charge in [-0.1, -0.05) is 96.0 Å². The number of imide groups is 2. The number of phenols is 1. The molecule has 6 atom stereocenters. The summed E-state index contributed by atoms with van der Waals surface area (Å²) in [6.45, 7) is 0.204. The largest absolute Gasteiger partial charge is 0.508 e. The molecule has 0 radical (unpaired) electrons. The second-order valence-electron chi connectivity index (χ2n) is 13.7. The van der Waals surface area contributed by atoms with Crippen molar-refractivity contribution in [3.63, 3.8) is 0 Å². The van der Waals surface area contributed by atoms with Gasteiger partial charge in [0, 0.05) is 21.4 Å². The smallest absolute Gasteiger partial charge is 0.246 e. The molecule has 50 heavy (non-hydrogen) atoms. The minimum absolute atomic E-state index is 0.000955. The molecule has 9 heteroatoms. The highest BCUT2D eigenvalue weighted by atomic mass is 35.5. The predicted molar refractivity (Wildman–Crippen MR) is 192 cm³/mol. The van der Waals surface area contributed by atoms with Crippen molar-refractivity contribution >= 4 is 63.0 Å². The summed E-state index contributed by atoms with van der Waals surface area (Å²) >= 11 is 7.92. The number of carbonyl (C=O) groups excluding carboxylic acids is 4. The Labute approximate surface area is 297 Å². The van der Waals surface area contributed by atoms with Crippen molar-refractivity contribution in [2.75, 3.05) is 4.90 Å². The van der Waals surface area contributed by atoms with E-state index < -0.39 is 40.9 Å². The number of hydrogen-bond acceptors (Lipinski definition) is 6. The Morgan fingerprint density at radius 2 is 1.62 bits per heavy atom. The van der Waals surface area contributed by atoms with Crippen molar-refractivity contribution < 1.29 is 24.3 Å². The van der Waals surface area contributed by atoms with Gasteiger partial charge in [-0.2, -0.15) is 0 Å². The molecule has 2 saturated heterocycles. The van der Waals surface area contributed by atoms with Gasteiger partial charge < -0.3 is 5.11 Å². The zero-order valence-electron chi connectivity index (χ0n) is 26.7. The maximum atomic E-state index is 15.5. The molecule has 1 N–H and O–H groups in total. The van der Waals surface area contributed by atoms with Crippen molar-refractivity contribution in [2.24, 2.45) is 23.7 Å². The maximum absolute atomic E-state index is 15.5. The van der Waals surface area contributed by atoms with Crippen LogP contribution in [0.15, 0.2) is 120 Å². The van der Waals surface area contributed by atoms with Gasteiger partial charge in [0.05, 0.1) is 35.4 Å². The van der Waals surface area contributed by atoms with E-state index in [9.17, 15) is 19.5 Å². The summed E-state index contributed by atoms with van der Waals surface area (Å²) in [5.41, 5.74) is 0.889. The van der Waals surface area contributed by atoms with Gasteiger partial charge in [0.25, 0.3) is 0 Å². The Balaban J connectivity index is 1.30. The van der Waals surface area contributed by atoms with Crippen LogP contribution in [-0.4, -0.2) is 33.6 Å². The summed E-state index contributed by atoms with van der Waals surface area (Å²) in [6.07, 6.45) is 2.54. The van der Waals surface area contributed by atoms with Crippen LogP contribution in [0.3, 0.4) is 0 Å². The van der Waals surface area contributed by atoms with E-state index in [1.165, 1.54) is 21.1 Å². The van der Waals surface area contributed by atoms with Gasteiger partial charge in [0.15, 0.2) is 0 Å². The van der Waals surface area contributed by atoms with Crippen molar-refractivity contribution in [1.29, 1.82) is 0 Å². The van der Waals surface area contributed by atoms with E-state index in [0.717, 1.165) is 21.2 Å². The molecule has 1 aromatic heterocycles. The van der Waals surface area contributed by atoms with E-state index in [1.54, 1.807) is 30.3 Å². The number of phenolic OH excluding ortho intramolecular Hbond substituents is 1. The third kappa shape index (κ3) is 4.28. The fourth-order valence-electron chi connectivity index (χ4n) is 9.42. The number of likely N-dealkylation sites (tertiary alicyclic amines) is 1. The summed E-state index contributed by atoms with van der Waals surface area (Å²) in [7, 11) is 0. The summed E-state index contributed by atoms with van der Waals surface area (Å²) in [5.74, 6) is -4.76. The zero-order valence-corrected chi connectivity index (χ0v) is 28.3. The lowest BCUT2D eigenvalue weighted by Gasteiger charge is -2.51. The molecular formula is C41H31ClN2O5S. The highest BCUT2D eigenvalue weighted by Crippen LogP contribution is 2.66. The minimum Gasteiger partial charge on any atom is -0.508 e. The quantitative estimate of drug-likeness (QED) is 0.151. The molecule has 2 aliphatic heterocycles. The van der Waals surface area contributed by atoms with Crippen LogP contribution in [-0.2, 0) is 31.1 Å². The van der Waals surface area contributed by atoms with Crippen LogP contribution >= 0.6 is 22.9 Å². The molecule has 5 aromatic rings. The van der Waals surface area contributed by atoms with Crippen molar-refractivity contribution in [3.05, 3.63) is 141 Å². The lowest BCUT2D eigenvalue weighted by Crippen LogP contribution is -2.53. The molecule has 3 heterocycles. The average Bonchev–Trinajstić information content (AvgIpc) is 3.79. The van der Waals surface area contributed by atoms with E-state index in [1.807, 2.05) is 84.3 Å². The minimum atomic E-state index is -1.47. The molecule has 2 aliphatic carbocycles. The number of rotatable bonds is 5. The second kappa shape index (κ2) is 11.5. The van der Waals surface area contributed by atoms with Crippen LogP contribution < -0.4 is 4.90 Å². The van der Waals surface area contributed by atoms with Crippen LogP contribution in [0.4, 0.5) is 5.69 Å². The normalized spacial score (nSPS) is 27.4. The van der Waals surface area contributed by atoms with Crippen molar-refractivity contribution in [3.8, 4) is 5.75 Å². The van der Waals surface area contributed by atoms with Gasteiger partial charge in [-0.25, -0.2) is 4.90 Å². The van der Waals surface area contributed by atoms with Crippen molar-refractivity contribution in [1.82, 2.24) is 4.90 Å². The maximum Gasteiger partial charge on any atom is 0.246 e. The first-order valence-corrected chi connectivity index (χ1v) is 18.0. The van der Waals surface area contributed by atoms with E-state index in [2.05, 4.69) is 0 Å². The first-order valence-electron chi connectivity index (χ1n) is 16.8. The Hall–Kier alpha value is -5.05. The Morgan fingerprint density at radius 3 is 2.40 bits per heavy atom. The molecule has 7 nitrogen and oxygen atoms in total. The molecule has 0 spiro atoms. The molecule has 3 fully saturated rings. The van der Waals surface area contributed by atoms with Crippen LogP contribution in [0.2, 0.25) is 5.02 Å². The van der Waals surface area contributed by atoms with Crippen molar-refractivity contribution in [2.45, 2.75) is 30.7 Å².